The van der Waals surface area contributed by atoms with E-state index >= 15 is 0 Å². The van der Waals surface area contributed by atoms with Crippen molar-refractivity contribution in [3.63, 3.8) is 0 Å². The van der Waals surface area contributed by atoms with Crippen LogP contribution in [0.5, 0.6) is 5.75 Å². The molecular weight excluding hydrogens is 322 g/mol. The zero-order valence-electron chi connectivity index (χ0n) is 13.3. The highest BCUT2D eigenvalue weighted by atomic mass is 32.1. The Kier molecular flexibility index (Phi) is 5.43. The van der Waals surface area contributed by atoms with Crippen molar-refractivity contribution in [2.75, 3.05) is 19.7 Å². The van der Waals surface area contributed by atoms with Crippen molar-refractivity contribution in [3.8, 4) is 5.75 Å². The number of ketones is 1. The van der Waals surface area contributed by atoms with Gasteiger partial charge in [0.25, 0.3) is 5.91 Å². The van der Waals surface area contributed by atoms with Crippen molar-refractivity contribution in [1.82, 2.24) is 4.90 Å². The van der Waals surface area contributed by atoms with Crippen molar-refractivity contribution >= 4 is 29.1 Å². The molecule has 3 rings (SSSR count). The molecule has 1 aliphatic heterocycles. The molecule has 1 aromatic heterocycles. The van der Waals surface area contributed by atoms with Gasteiger partial charge in [-0.2, -0.15) is 11.3 Å². The van der Waals surface area contributed by atoms with Gasteiger partial charge in [-0.3, -0.25) is 9.59 Å². The highest BCUT2D eigenvalue weighted by molar-refractivity contribution is 7.08. The highest BCUT2D eigenvalue weighted by Crippen LogP contribution is 2.15. The quantitative estimate of drug-likeness (QED) is 0.595. The van der Waals surface area contributed by atoms with E-state index in [1.165, 1.54) is 0 Å². The number of thiophene rings is 1. The summed E-state index contributed by atoms with van der Waals surface area (Å²) in [6.45, 7) is 1.70. The minimum absolute atomic E-state index is 0.0198. The number of ether oxygens (including phenoxy) is 1. The molecule has 4 nitrogen and oxygen atoms in total. The number of allylic oxidation sites excluding steroid dienone is 1. The van der Waals surface area contributed by atoms with Crippen LogP contribution in [0.15, 0.2) is 47.2 Å². The lowest BCUT2D eigenvalue weighted by Crippen LogP contribution is -2.32. The Bertz CT molecular complexity index is 714. The van der Waals surface area contributed by atoms with Gasteiger partial charge in [-0.1, -0.05) is 6.08 Å². The monoisotopic (exact) mass is 341 g/mol. The van der Waals surface area contributed by atoms with Crippen LogP contribution in [0.4, 0.5) is 0 Å². The second kappa shape index (κ2) is 7.93. The summed E-state index contributed by atoms with van der Waals surface area (Å²) in [6.07, 6.45) is 5.51. The summed E-state index contributed by atoms with van der Waals surface area (Å²) in [5, 5.41) is 3.96. The van der Waals surface area contributed by atoms with Crippen LogP contribution in [0.2, 0.25) is 0 Å². The molecule has 1 saturated heterocycles. The van der Waals surface area contributed by atoms with E-state index < -0.39 is 0 Å². The second-order valence-electron chi connectivity index (χ2n) is 5.66. The average molecular weight is 341 g/mol. The third kappa shape index (κ3) is 4.32. The topological polar surface area (TPSA) is 46.6 Å². The predicted molar refractivity (Wildman–Crippen MR) is 95.4 cm³/mol. The van der Waals surface area contributed by atoms with Crippen molar-refractivity contribution in [3.05, 3.63) is 58.3 Å². The van der Waals surface area contributed by atoms with Crippen LogP contribution in [0.1, 0.15) is 28.8 Å². The molecule has 0 bridgehead atoms. The van der Waals surface area contributed by atoms with E-state index in [2.05, 4.69) is 0 Å². The van der Waals surface area contributed by atoms with Gasteiger partial charge in [-0.15, -0.1) is 0 Å². The predicted octanol–water partition coefficient (Wildman–Crippen LogP) is 3.65. The Hall–Kier alpha value is -2.40. The standard InChI is InChI=1S/C19H19NO3S/c21-18(8-3-15-9-12-24-14-15)16-4-6-17(7-5-16)23-13-19(22)20-10-1-2-11-20/h3-9,12,14H,1-2,10-11,13H2/b8-3+. The number of carbonyl (C=O) groups excluding carboxylic acids is 2. The molecule has 2 aromatic rings. The summed E-state index contributed by atoms with van der Waals surface area (Å²) in [5.41, 5.74) is 1.62. The minimum atomic E-state index is -0.0547. The first-order valence-electron chi connectivity index (χ1n) is 7.97. The van der Waals surface area contributed by atoms with E-state index in [4.69, 9.17) is 4.74 Å². The van der Waals surface area contributed by atoms with Gasteiger partial charge < -0.3 is 9.64 Å². The summed E-state index contributed by atoms with van der Waals surface area (Å²) < 4.78 is 5.51. The molecule has 24 heavy (non-hydrogen) atoms. The van der Waals surface area contributed by atoms with E-state index in [0.717, 1.165) is 31.5 Å². The Morgan fingerprint density at radius 1 is 1.12 bits per heavy atom. The van der Waals surface area contributed by atoms with Crippen LogP contribution in [-0.4, -0.2) is 36.3 Å². The molecule has 1 aromatic carbocycles. The summed E-state index contributed by atoms with van der Waals surface area (Å²) in [4.78, 5) is 25.9. The largest absolute Gasteiger partial charge is 0.484 e. The number of benzene rings is 1. The molecule has 0 atom stereocenters. The van der Waals surface area contributed by atoms with Gasteiger partial charge in [0.15, 0.2) is 12.4 Å². The summed E-state index contributed by atoms with van der Waals surface area (Å²) >= 11 is 1.60. The lowest BCUT2D eigenvalue weighted by Gasteiger charge is -2.15. The second-order valence-corrected chi connectivity index (χ2v) is 6.44. The van der Waals surface area contributed by atoms with Crippen LogP contribution in [0.25, 0.3) is 6.08 Å². The maximum Gasteiger partial charge on any atom is 0.260 e. The maximum atomic E-state index is 12.1. The lowest BCUT2D eigenvalue weighted by atomic mass is 10.1. The maximum absolute atomic E-state index is 12.1. The molecule has 0 unspecified atom stereocenters. The molecule has 1 aliphatic rings. The van der Waals surface area contributed by atoms with Crippen molar-refractivity contribution in [2.24, 2.45) is 0 Å². The first-order valence-corrected chi connectivity index (χ1v) is 8.92. The fourth-order valence-corrected chi connectivity index (χ4v) is 3.18. The van der Waals surface area contributed by atoms with E-state index in [0.29, 0.717) is 11.3 Å². The number of hydrogen-bond acceptors (Lipinski definition) is 4. The molecule has 0 saturated carbocycles. The number of nitrogens with zero attached hydrogens (tertiary/aromatic N) is 1. The minimum Gasteiger partial charge on any atom is -0.484 e. The number of likely N-dealkylation sites (tertiary alicyclic amines) is 1. The lowest BCUT2D eigenvalue weighted by molar-refractivity contribution is -0.132. The van der Waals surface area contributed by atoms with Crippen LogP contribution >= 0.6 is 11.3 Å². The third-order valence-electron chi connectivity index (χ3n) is 3.93. The average Bonchev–Trinajstić information content (AvgIpc) is 3.31. The fourth-order valence-electron chi connectivity index (χ4n) is 2.56. The van der Waals surface area contributed by atoms with Gasteiger partial charge in [-0.05, 0) is 65.6 Å². The summed E-state index contributed by atoms with van der Waals surface area (Å²) in [7, 11) is 0. The highest BCUT2D eigenvalue weighted by Gasteiger charge is 2.18. The van der Waals surface area contributed by atoms with Gasteiger partial charge in [0.05, 0.1) is 0 Å². The number of amides is 1. The fraction of sp³-hybridized carbons (Fsp3) is 0.263. The van der Waals surface area contributed by atoms with Gasteiger partial charge in [0.2, 0.25) is 0 Å². The third-order valence-corrected chi connectivity index (χ3v) is 4.63. The van der Waals surface area contributed by atoms with E-state index in [-0.39, 0.29) is 18.3 Å². The zero-order valence-corrected chi connectivity index (χ0v) is 14.1. The van der Waals surface area contributed by atoms with Gasteiger partial charge in [0.1, 0.15) is 5.75 Å². The van der Waals surface area contributed by atoms with E-state index in [1.807, 2.05) is 21.7 Å². The molecule has 0 radical (unpaired) electrons. The normalized spacial score (nSPS) is 14.2. The molecule has 124 valence electrons. The van der Waals surface area contributed by atoms with Crippen LogP contribution in [0, 0.1) is 0 Å². The van der Waals surface area contributed by atoms with Crippen molar-refractivity contribution in [1.29, 1.82) is 0 Å². The smallest absolute Gasteiger partial charge is 0.260 e. The van der Waals surface area contributed by atoms with Gasteiger partial charge >= 0.3 is 0 Å². The summed E-state index contributed by atoms with van der Waals surface area (Å²) in [6, 6.07) is 8.85. The first-order chi connectivity index (χ1) is 11.7. The molecule has 0 N–H and O–H groups in total. The summed E-state index contributed by atoms with van der Waals surface area (Å²) in [5.74, 6) is 0.563. The van der Waals surface area contributed by atoms with E-state index in [9.17, 15) is 9.59 Å². The molecule has 1 amide bonds. The van der Waals surface area contributed by atoms with Gasteiger partial charge in [-0.25, -0.2) is 0 Å². The molecular formula is C19H19NO3S. The van der Waals surface area contributed by atoms with Crippen LogP contribution in [-0.2, 0) is 4.79 Å². The van der Waals surface area contributed by atoms with Crippen molar-refractivity contribution in [2.45, 2.75) is 12.8 Å². The number of carbonyl (C=O) groups is 2. The first kappa shape index (κ1) is 16.5. The molecule has 1 fully saturated rings. The molecule has 0 spiro atoms. The van der Waals surface area contributed by atoms with Crippen molar-refractivity contribution < 1.29 is 14.3 Å². The Balaban J connectivity index is 1.53. The van der Waals surface area contributed by atoms with Gasteiger partial charge in [0, 0.05) is 18.7 Å². The van der Waals surface area contributed by atoms with E-state index in [1.54, 1.807) is 47.8 Å². The Morgan fingerprint density at radius 3 is 2.54 bits per heavy atom. The Morgan fingerprint density at radius 2 is 1.88 bits per heavy atom. The number of hydrogen-bond donors (Lipinski definition) is 0. The Labute approximate surface area is 145 Å². The number of rotatable bonds is 6. The molecule has 0 aliphatic carbocycles. The van der Waals surface area contributed by atoms with Crippen LogP contribution in [0.3, 0.4) is 0 Å². The SMILES string of the molecule is O=C(/C=C/c1ccsc1)c1ccc(OCC(=O)N2CCCC2)cc1. The molecule has 5 heteroatoms. The molecule has 2 heterocycles. The van der Waals surface area contributed by atoms with Crippen LogP contribution < -0.4 is 4.74 Å². The zero-order chi connectivity index (χ0) is 16.8.